The number of para-hydroxylation sites is 1. The molecule has 122 valence electrons. The molecule has 0 aliphatic rings. The molecule has 1 amide bonds. The molecular weight excluding hydrogens is 324 g/mol. The fourth-order valence-corrected chi connectivity index (χ4v) is 2.89. The van der Waals surface area contributed by atoms with Crippen LogP contribution in [0.1, 0.15) is 6.92 Å². The summed E-state index contributed by atoms with van der Waals surface area (Å²) in [6, 6.07) is 13.1. The summed E-state index contributed by atoms with van der Waals surface area (Å²) in [5, 5.41) is 8.00. The van der Waals surface area contributed by atoms with Crippen molar-refractivity contribution in [3.8, 4) is 11.5 Å². The van der Waals surface area contributed by atoms with E-state index in [4.69, 9.17) is 4.42 Å². The molecule has 0 aliphatic carbocycles. The average Bonchev–Trinajstić information content (AvgIpc) is 3.10. The number of aromatic nitrogens is 3. The molecule has 2 aromatic heterocycles. The zero-order chi connectivity index (χ0) is 16.9. The summed E-state index contributed by atoms with van der Waals surface area (Å²) in [7, 11) is 1.75. The molecule has 7 heteroatoms. The van der Waals surface area contributed by atoms with Crippen LogP contribution in [0.2, 0.25) is 0 Å². The van der Waals surface area contributed by atoms with Crippen LogP contribution in [0.5, 0.6) is 0 Å². The van der Waals surface area contributed by atoms with Gasteiger partial charge in [0.15, 0.2) is 0 Å². The van der Waals surface area contributed by atoms with Gasteiger partial charge >= 0.3 is 0 Å². The molecule has 24 heavy (non-hydrogen) atoms. The maximum absolute atomic E-state index is 12.5. The number of amides is 1. The summed E-state index contributed by atoms with van der Waals surface area (Å²) in [5.74, 6) is 0.356. The Morgan fingerprint density at radius 1 is 1.17 bits per heavy atom. The first-order chi connectivity index (χ1) is 11.6. The van der Waals surface area contributed by atoms with Crippen LogP contribution >= 0.6 is 11.8 Å². The van der Waals surface area contributed by atoms with Gasteiger partial charge in [0.25, 0.3) is 5.22 Å². The smallest absolute Gasteiger partial charge is 0.277 e. The van der Waals surface area contributed by atoms with Crippen LogP contribution in [0.25, 0.3) is 11.5 Å². The number of thioether (sulfide) groups is 1. The van der Waals surface area contributed by atoms with Gasteiger partial charge in [0.2, 0.25) is 11.8 Å². The van der Waals surface area contributed by atoms with Gasteiger partial charge in [-0.05, 0) is 31.2 Å². The zero-order valence-corrected chi connectivity index (χ0v) is 14.1. The second-order valence-corrected chi connectivity index (χ2v) is 6.40. The highest BCUT2D eigenvalue weighted by molar-refractivity contribution is 8.00. The molecule has 0 N–H and O–H groups in total. The van der Waals surface area contributed by atoms with Crippen molar-refractivity contribution in [3.05, 3.63) is 54.9 Å². The Kier molecular flexibility index (Phi) is 4.90. The molecule has 0 saturated heterocycles. The Bertz CT molecular complexity index is 808. The van der Waals surface area contributed by atoms with Gasteiger partial charge in [-0.15, -0.1) is 10.2 Å². The molecule has 0 saturated carbocycles. The summed E-state index contributed by atoms with van der Waals surface area (Å²) in [6.45, 7) is 1.82. The third-order valence-corrected chi connectivity index (χ3v) is 4.34. The number of hydrogen-bond donors (Lipinski definition) is 0. The molecule has 0 fully saturated rings. The molecule has 3 aromatic rings. The zero-order valence-electron chi connectivity index (χ0n) is 13.3. The Balaban J connectivity index is 1.68. The number of hydrogen-bond acceptors (Lipinski definition) is 6. The monoisotopic (exact) mass is 340 g/mol. The van der Waals surface area contributed by atoms with E-state index < -0.39 is 0 Å². The van der Waals surface area contributed by atoms with Crippen molar-refractivity contribution in [1.82, 2.24) is 15.2 Å². The van der Waals surface area contributed by atoms with Crippen LogP contribution in [0.15, 0.2) is 64.5 Å². The lowest BCUT2D eigenvalue weighted by molar-refractivity contribution is -0.117. The molecule has 0 spiro atoms. The minimum Gasteiger partial charge on any atom is -0.411 e. The van der Waals surface area contributed by atoms with Crippen molar-refractivity contribution in [1.29, 1.82) is 0 Å². The van der Waals surface area contributed by atoms with Gasteiger partial charge in [-0.3, -0.25) is 9.78 Å². The van der Waals surface area contributed by atoms with E-state index in [9.17, 15) is 4.79 Å². The standard InChI is InChI=1S/C17H16N4O2S/c1-12(16(22)21(2)14-8-4-3-5-9-14)24-17-20-19-15(23-17)13-7-6-10-18-11-13/h3-12H,1-2H3/t12-/m1/s1. The number of carbonyl (C=O) groups excluding carboxylic acids is 1. The van der Waals surface area contributed by atoms with E-state index in [0.29, 0.717) is 11.1 Å². The lowest BCUT2D eigenvalue weighted by Gasteiger charge is -2.20. The maximum Gasteiger partial charge on any atom is 0.277 e. The largest absolute Gasteiger partial charge is 0.411 e. The first-order valence-electron chi connectivity index (χ1n) is 7.38. The summed E-state index contributed by atoms with van der Waals surface area (Å²) in [6.07, 6.45) is 3.33. The van der Waals surface area contributed by atoms with E-state index in [-0.39, 0.29) is 11.2 Å². The van der Waals surface area contributed by atoms with Crippen LogP contribution in [0.4, 0.5) is 5.69 Å². The van der Waals surface area contributed by atoms with Gasteiger partial charge in [0.05, 0.1) is 10.8 Å². The highest BCUT2D eigenvalue weighted by Crippen LogP contribution is 2.27. The van der Waals surface area contributed by atoms with E-state index >= 15 is 0 Å². The van der Waals surface area contributed by atoms with Crippen LogP contribution in [-0.4, -0.2) is 33.4 Å². The van der Waals surface area contributed by atoms with Crippen LogP contribution in [-0.2, 0) is 4.79 Å². The predicted octanol–water partition coefficient (Wildman–Crippen LogP) is 3.28. The first kappa shape index (κ1) is 16.2. The van der Waals surface area contributed by atoms with Gasteiger partial charge in [-0.25, -0.2) is 0 Å². The van der Waals surface area contributed by atoms with Crippen LogP contribution < -0.4 is 4.90 Å². The van der Waals surface area contributed by atoms with E-state index in [2.05, 4.69) is 15.2 Å². The van der Waals surface area contributed by atoms with Crippen LogP contribution in [0.3, 0.4) is 0 Å². The normalized spacial score (nSPS) is 11.9. The minimum absolute atomic E-state index is 0.0349. The minimum atomic E-state index is -0.350. The van der Waals surface area contributed by atoms with E-state index in [0.717, 1.165) is 11.3 Å². The quantitative estimate of drug-likeness (QED) is 0.664. The van der Waals surface area contributed by atoms with Crippen molar-refractivity contribution in [3.63, 3.8) is 0 Å². The number of pyridine rings is 1. The molecular formula is C17H16N4O2S. The SMILES string of the molecule is C[C@@H](Sc1nnc(-c2cccnc2)o1)C(=O)N(C)c1ccccc1. The molecule has 0 bridgehead atoms. The maximum atomic E-state index is 12.5. The van der Waals surface area contributed by atoms with Crippen molar-refractivity contribution in [2.45, 2.75) is 17.4 Å². The number of carbonyl (C=O) groups is 1. The Morgan fingerprint density at radius 2 is 1.96 bits per heavy atom. The lowest BCUT2D eigenvalue weighted by Crippen LogP contribution is -2.33. The third-order valence-electron chi connectivity index (χ3n) is 3.41. The Labute approximate surface area is 143 Å². The Hall–Kier alpha value is -2.67. The van der Waals surface area contributed by atoms with Crippen molar-refractivity contribution >= 4 is 23.4 Å². The number of anilines is 1. The fraction of sp³-hybridized carbons (Fsp3) is 0.176. The van der Waals surface area contributed by atoms with Gasteiger partial charge in [0.1, 0.15) is 0 Å². The second kappa shape index (κ2) is 7.27. The number of rotatable bonds is 5. The number of benzene rings is 1. The highest BCUT2D eigenvalue weighted by Gasteiger charge is 2.22. The molecule has 0 unspecified atom stereocenters. The van der Waals surface area contributed by atoms with Gasteiger partial charge in [0, 0.05) is 25.1 Å². The molecule has 1 aromatic carbocycles. The van der Waals surface area contributed by atoms with E-state index in [1.165, 1.54) is 11.8 Å². The third kappa shape index (κ3) is 3.62. The Morgan fingerprint density at radius 3 is 2.67 bits per heavy atom. The van der Waals surface area contributed by atoms with Crippen molar-refractivity contribution < 1.29 is 9.21 Å². The molecule has 0 aliphatic heterocycles. The second-order valence-electron chi connectivity index (χ2n) is 5.11. The highest BCUT2D eigenvalue weighted by atomic mass is 32.2. The van der Waals surface area contributed by atoms with Gasteiger partial charge in [-0.2, -0.15) is 0 Å². The van der Waals surface area contributed by atoms with E-state index in [1.54, 1.807) is 30.4 Å². The molecule has 1 atom stereocenters. The predicted molar refractivity (Wildman–Crippen MR) is 92.7 cm³/mol. The lowest BCUT2D eigenvalue weighted by atomic mass is 10.3. The summed E-state index contributed by atoms with van der Waals surface area (Å²) < 4.78 is 5.61. The first-order valence-corrected chi connectivity index (χ1v) is 8.26. The van der Waals surface area contributed by atoms with Crippen molar-refractivity contribution in [2.24, 2.45) is 0 Å². The molecule has 6 nitrogen and oxygen atoms in total. The molecule has 0 radical (unpaired) electrons. The molecule has 3 rings (SSSR count). The van der Waals surface area contributed by atoms with Gasteiger partial charge in [-0.1, -0.05) is 30.0 Å². The summed E-state index contributed by atoms with van der Waals surface area (Å²) in [5.41, 5.74) is 1.59. The fourth-order valence-electron chi connectivity index (χ4n) is 2.12. The number of nitrogens with zero attached hydrogens (tertiary/aromatic N) is 4. The summed E-state index contributed by atoms with van der Waals surface area (Å²) >= 11 is 1.24. The topological polar surface area (TPSA) is 72.1 Å². The molecule has 2 heterocycles. The van der Waals surface area contributed by atoms with Gasteiger partial charge < -0.3 is 9.32 Å². The average molecular weight is 340 g/mol. The van der Waals surface area contributed by atoms with Crippen LogP contribution in [0, 0.1) is 0 Å². The van der Waals surface area contributed by atoms with Crippen molar-refractivity contribution in [2.75, 3.05) is 11.9 Å². The summed E-state index contributed by atoms with van der Waals surface area (Å²) in [4.78, 5) is 18.2. The van der Waals surface area contributed by atoms with E-state index in [1.807, 2.05) is 43.3 Å².